The van der Waals surface area contributed by atoms with E-state index < -0.39 is 20.9 Å². The average Bonchev–Trinajstić information content (AvgIpc) is 2.79. The second-order valence-corrected chi connectivity index (χ2v) is 9.02. The zero-order chi connectivity index (χ0) is 23.1. The van der Waals surface area contributed by atoms with Crippen molar-refractivity contribution in [2.45, 2.75) is 18.4 Å². The molecule has 166 valence electrons. The number of aryl methyl sites for hydroxylation is 1. The molecule has 0 aliphatic rings. The zero-order valence-corrected chi connectivity index (χ0v) is 18.2. The number of nitro benzene ring substituents is 1. The Morgan fingerprint density at radius 3 is 2.19 bits per heavy atom. The predicted octanol–water partition coefficient (Wildman–Crippen LogP) is 3.95. The van der Waals surface area contributed by atoms with Gasteiger partial charge in [0, 0.05) is 25.2 Å². The highest BCUT2D eigenvalue weighted by Crippen LogP contribution is 2.19. The van der Waals surface area contributed by atoms with Crippen molar-refractivity contribution in [2.75, 3.05) is 13.2 Å². The lowest BCUT2D eigenvalue weighted by molar-refractivity contribution is -0.384. The number of esters is 1. The number of hydrogen-bond acceptors (Lipinski definition) is 6. The fourth-order valence-electron chi connectivity index (χ4n) is 2.97. The molecule has 3 aromatic carbocycles. The molecule has 0 heterocycles. The first-order chi connectivity index (χ1) is 15.3. The van der Waals surface area contributed by atoms with E-state index in [1.54, 1.807) is 24.3 Å². The van der Waals surface area contributed by atoms with Gasteiger partial charge in [-0.2, -0.15) is 4.31 Å². The van der Waals surface area contributed by atoms with E-state index >= 15 is 0 Å². The van der Waals surface area contributed by atoms with E-state index in [1.165, 1.54) is 28.6 Å². The number of hydrogen-bond donors (Lipinski definition) is 0. The fourth-order valence-corrected chi connectivity index (χ4v) is 4.39. The Labute approximate surface area is 186 Å². The highest BCUT2D eigenvalue weighted by molar-refractivity contribution is 7.89. The molecule has 0 N–H and O–H groups in total. The topological polar surface area (TPSA) is 107 Å². The van der Waals surface area contributed by atoms with E-state index in [4.69, 9.17) is 4.74 Å². The lowest BCUT2D eigenvalue weighted by Gasteiger charge is -2.22. The molecule has 0 spiro atoms. The highest BCUT2D eigenvalue weighted by Gasteiger charge is 2.25. The number of nitrogens with zero attached hydrogens (tertiary/aromatic N) is 2. The Balaban J connectivity index is 1.73. The summed E-state index contributed by atoms with van der Waals surface area (Å²) in [6, 6.07) is 20.7. The zero-order valence-electron chi connectivity index (χ0n) is 17.4. The molecule has 0 amide bonds. The van der Waals surface area contributed by atoms with Gasteiger partial charge in [0.1, 0.15) is 6.61 Å². The van der Waals surface area contributed by atoms with Gasteiger partial charge in [0.15, 0.2) is 0 Å². The van der Waals surface area contributed by atoms with Gasteiger partial charge in [-0.15, -0.1) is 0 Å². The van der Waals surface area contributed by atoms with Gasteiger partial charge in [-0.3, -0.25) is 10.1 Å². The van der Waals surface area contributed by atoms with Crippen molar-refractivity contribution in [3.63, 3.8) is 0 Å². The standard InChI is InChI=1S/C23H22N2O6S/c1-18-7-13-22(14-8-18)32(29,30)24(17-19-5-3-2-4-6-19)15-16-31-23(26)20-9-11-21(12-10-20)25(27)28/h2-14H,15-17H2,1H3. The van der Waals surface area contributed by atoms with Crippen molar-refractivity contribution in [3.8, 4) is 0 Å². The Bertz CT molecular complexity index is 1180. The quantitative estimate of drug-likeness (QED) is 0.275. The molecule has 0 aliphatic heterocycles. The molecule has 0 saturated heterocycles. The van der Waals surface area contributed by atoms with Crippen LogP contribution in [0.25, 0.3) is 0 Å². The third-order valence-electron chi connectivity index (χ3n) is 4.75. The molecule has 32 heavy (non-hydrogen) atoms. The fraction of sp³-hybridized carbons (Fsp3) is 0.174. The number of nitro groups is 1. The third kappa shape index (κ3) is 5.77. The summed E-state index contributed by atoms with van der Waals surface area (Å²) in [5.41, 5.74) is 1.74. The minimum absolute atomic E-state index is 0.0518. The first-order valence-corrected chi connectivity index (χ1v) is 11.2. The molecule has 0 bridgehead atoms. The van der Waals surface area contributed by atoms with Crippen LogP contribution in [0.3, 0.4) is 0 Å². The average molecular weight is 455 g/mol. The predicted molar refractivity (Wildman–Crippen MR) is 119 cm³/mol. The number of rotatable bonds is 9. The summed E-state index contributed by atoms with van der Waals surface area (Å²) in [7, 11) is -3.83. The van der Waals surface area contributed by atoms with Crippen molar-refractivity contribution >= 4 is 21.7 Å². The monoisotopic (exact) mass is 454 g/mol. The SMILES string of the molecule is Cc1ccc(S(=O)(=O)N(CCOC(=O)c2ccc([N+](=O)[O-])cc2)Cc2ccccc2)cc1. The molecule has 0 unspecified atom stereocenters. The van der Waals surface area contributed by atoms with Crippen molar-refractivity contribution < 1.29 is 22.9 Å². The number of non-ortho nitro benzene ring substituents is 1. The Morgan fingerprint density at radius 2 is 1.59 bits per heavy atom. The molecule has 0 fully saturated rings. The van der Waals surface area contributed by atoms with Crippen LogP contribution in [0.15, 0.2) is 83.8 Å². The largest absolute Gasteiger partial charge is 0.461 e. The van der Waals surface area contributed by atoms with Crippen LogP contribution in [0.1, 0.15) is 21.5 Å². The minimum Gasteiger partial charge on any atom is -0.461 e. The number of benzene rings is 3. The molecule has 0 aromatic heterocycles. The van der Waals surface area contributed by atoms with Crippen LogP contribution in [-0.2, 0) is 21.3 Å². The molecular weight excluding hydrogens is 432 g/mol. The molecule has 3 rings (SSSR count). The number of carbonyl (C=O) groups is 1. The summed E-state index contributed by atoms with van der Waals surface area (Å²) in [5.74, 6) is -0.688. The lowest BCUT2D eigenvalue weighted by Crippen LogP contribution is -2.34. The molecule has 0 aliphatic carbocycles. The molecule has 3 aromatic rings. The molecular formula is C23H22N2O6S. The van der Waals surface area contributed by atoms with Crippen molar-refractivity contribution in [3.05, 3.63) is 106 Å². The van der Waals surface area contributed by atoms with Crippen LogP contribution in [0.5, 0.6) is 0 Å². The van der Waals surface area contributed by atoms with Gasteiger partial charge in [0.2, 0.25) is 10.0 Å². The van der Waals surface area contributed by atoms with Crippen LogP contribution in [-0.4, -0.2) is 36.8 Å². The van der Waals surface area contributed by atoms with Gasteiger partial charge >= 0.3 is 5.97 Å². The van der Waals surface area contributed by atoms with Crippen LogP contribution >= 0.6 is 0 Å². The summed E-state index contributed by atoms with van der Waals surface area (Å²) in [4.78, 5) is 22.6. The van der Waals surface area contributed by atoms with E-state index in [-0.39, 0.29) is 35.8 Å². The van der Waals surface area contributed by atoms with Crippen molar-refractivity contribution in [1.82, 2.24) is 4.31 Å². The Hall–Kier alpha value is -3.56. The Kier molecular flexibility index (Phi) is 7.34. The van der Waals surface area contributed by atoms with E-state index in [0.717, 1.165) is 11.1 Å². The maximum atomic E-state index is 13.2. The maximum Gasteiger partial charge on any atom is 0.338 e. The van der Waals surface area contributed by atoms with Gasteiger partial charge in [0.05, 0.1) is 15.4 Å². The van der Waals surface area contributed by atoms with Gasteiger partial charge in [-0.25, -0.2) is 13.2 Å². The van der Waals surface area contributed by atoms with E-state index in [9.17, 15) is 23.3 Å². The molecule has 0 radical (unpaired) electrons. The summed E-state index contributed by atoms with van der Waals surface area (Å²) in [6.45, 7) is 1.76. The second kappa shape index (κ2) is 10.2. The second-order valence-electron chi connectivity index (χ2n) is 7.08. The molecule has 8 nitrogen and oxygen atoms in total. The molecule has 0 saturated carbocycles. The van der Waals surface area contributed by atoms with Crippen molar-refractivity contribution in [2.24, 2.45) is 0 Å². The normalized spacial score (nSPS) is 11.3. The van der Waals surface area contributed by atoms with Gasteiger partial charge < -0.3 is 4.74 Å². The van der Waals surface area contributed by atoms with Gasteiger partial charge in [-0.05, 0) is 36.8 Å². The van der Waals surface area contributed by atoms with E-state index in [1.807, 2.05) is 37.3 Å². The van der Waals surface area contributed by atoms with Crippen LogP contribution in [0.4, 0.5) is 5.69 Å². The van der Waals surface area contributed by atoms with Crippen molar-refractivity contribution in [1.29, 1.82) is 0 Å². The van der Waals surface area contributed by atoms with E-state index in [2.05, 4.69) is 0 Å². The summed E-state index contributed by atoms with van der Waals surface area (Å²) in [6.07, 6.45) is 0. The first kappa shape index (κ1) is 23.1. The van der Waals surface area contributed by atoms with Gasteiger partial charge in [-0.1, -0.05) is 48.0 Å². The summed E-state index contributed by atoms with van der Waals surface area (Å²) >= 11 is 0. The van der Waals surface area contributed by atoms with Crippen LogP contribution in [0.2, 0.25) is 0 Å². The Morgan fingerprint density at radius 1 is 0.969 bits per heavy atom. The minimum atomic E-state index is -3.83. The van der Waals surface area contributed by atoms with Gasteiger partial charge in [0.25, 0.3) is 5.69 Å². The summed E-state index contributed by atoms with van der Waals surface area (Å²) < 4.78 is 32.9. The van der Waals surface area contributed by atoms with Crippen LogP contribution < -0.4 is 0 Å². The number of ether oxygens (including phenoxy) is 1. The van der Waals surface area contributed by atoms with E-state index in [0.29, 0.717) is 0 Å². The maximum absolute atomic E-state index is 13.2. The lowest BCUT2D eigenvalue weighted by atomic mass is 10.2. The molecule has 9 heteroatoms. The molecule has 0 atom stereocenters. The number of carbonyl (C=O) groups excluding carboxylic acids is 1. The van der Waals surface area contributed by atoms with Crippen LogP contribution in [0, 0.1) is 17.0 Å². The first-order valence-electron chi connectivity index (χ1n) is 9.80. The smallest absolute Gasteiger partial charge is 0.338 e. The third-order valence-corrected chi connectivity index (χ3v) is 6.61. The summed E-state index contributed by atoms with van der Waals surface area (Å²) in [5, 5.41) is 10.7. The highest BCUT2D eigenvalue weighted by atomic mass is 32.2. The number of sulfonamides is 1.